The summed E-state index contributed by atoms with van der Waals surface area (Å²) in [7, 11) is 5.55. The summed E-state index contributed by atoms with van der Waals surface area (Å²) in [5.74, 6) is 0.449. The van der Waals surface area contributed by atoms with E-state index >= 15 is 0 Å². The molecule has 2 amide bonds. The molecule has 0 saturated carbocycles. The monoisotopic (exact) mass is 413 g/mol. The zero-order valence-corrected chi connectivity index (χ0v) is 17.3. The van der Waals surface area contributed by atoms with E-state index in [1.54, 1.807) is 31.4 Å². The fourth-order valence-electron chi connectivity index (χ4n) is 2.83. The molecular weight excluding hydrogens is 390 g/mol. The van der Waals surface area contributed by atoms with Crippen molar-refractivity contribution in [2.24, 2.45) is 0 Å². The van der Waals surface area contributed by atoms with Crippen LogP contribution >= 0.6 is 11.3 Å². The van der Waals surface area contributed by atoms with E-state index in [1.165, 1.54) is 17.6 Å². The van der Waals surface area contributed by atoms with Gasteiger partial charge < -0.3 is 24.7 Å². The fraction of sp³-hybridized carbons (Fsp3) is 0.238. The molecule has 0 radical (unpaired) electrons. The Bertz CT molecular complexity index is 966. The van der Waals surface area contributed by atoms with Crippen LogP contribution in [-0.4, -0.2) is 44.5 Å². The zero-order valence-electron chi connectivity index (χ0n) is 16.5. The van der Waals surface area contributed by atoms with Gasteiger partial charge in [0.05, 0.1) is 29.3 Å². The van der Waals surface area contributed by atoms with Gasteiger partial charge in [-0.2, -0.15) is 0 Å². The number of amides is 2. The van der Waals surface area contributed by atoms with Gasteiger partial charge in [0.25, 0.3) is 11.8 Å². The summed E-state index contributed by atoms with van der Waals surface area (Å²) >= 11 is 1.21. The Hall–Kier alpha value is -3.10. The summed E-state index contributed by atoms with van der Waals surface area (Å²) in [6.07, 6.45) is 1.44. The number of hydrogen-bond acceptors (Lipinski definition) is 6. The highest BCUT2D eigenvalue weighted by Crippen LogP contribution is 2.24. The number of carbonyl (C=O) groups is 2. The molecule has 1 aromatic carbocycles. The van der Waals surface area contributed by atoms with Crippen LogP contribution in [-0.2, 0) is 0 Å². The molecule has 2 N–H and O–H groups in total. The van der Waals surface area contributed by atoms with Crippen LogP contribution in [0.1, 0.15) is 31.8 Å². The van der Waals surface area contributed by atoms with E-state index in [9.17, 15) is 9.59 Å². The molecule has 0 saturated heterocycles. The van der Waals surface area contributed by atoms with Crippen molar-refractivity contribution < 1.29 is 18.7 Å². The van der Waals surface area contributed by atoms with Gasteiger partial charge in [-0.1, -0.05) is 12.1 Å². The average molecular weight is 413 g/mol. The molecule has 2 heterocycles. The predicted molar refractivity (Wildman–Crippen MR) is 113 cm³/mol. The number of nitrogens with one attached hydrogen (secondary N) is 2. The summed E-state index contributed by atoms with van der Waals surface area (Å²) in [6, 6.07) is 14.4. The molecule has 0 aliphatic heterocycles. The Morgan fingerprint density at radius 1 is 1.14 bits per heavy atom. The van der Waals surface area contributed by atoms with Crippen LogP contribution in [0, 0.1) is 0 Å². The van der Waals surface area contributed by atoms with Gasteiger partial charge in [-0.15, -0.1) is 11.3 Å². The molecular formula is C21H23N3O4S. The third-order valence-corrected chi connectivity index (χ3v) is 5.37. The molecule has 2 aromatic heterocycles. The number of likely N-dealkylation sites (N-methyl/N-ethyl adjacent to an activating group) is 1. The minimum Gasteiger partial charge on any atom is -0.497 e. The molecule has 152 valence electrons. The second-order valence-corrected chi connectivity index (χ2v) is 7.65. The highest BCUT2D eigenvalue weighted by atomic mass is 32.1. The normalized spacial score (nSPS) is 11.9. The summed E-state index contributed by atoms with van der Waals surface area (Å²) in [5.41, 5.74) is 1.05. The van der Waals surface area contributed by atoms with E-state index in [0.717, 1.165) is 11.3 Å². The van der Waals surface area contributed by atoms with Crippen LogP contribution in [0.2, 0.25) is 0 Å². The number of thiophene rings is 1. The predicted octanol–water partition coefficient (Wildman–Crippen LogP) is 3.63. The van der Waals surface area contributed by atoms with E-state index in [0.29, 0.717) is 16.4 Å². The Labute approximate surface area is 173 Å². The van der Waals surface area contributed by atoms with Crippen molar-refractivity contribution in [3.05, 3.63) is 71.0 Å². The van der Waals surface area contributed by atoms with Crippen molar-refractivity contribution in [3.8, 4) is 5.75 Å². The number of furan rings is 1. The topological polar surface area (TPSA) is 83.8 Å². The van der Waals surface area contributed by atoms with Crippen LogP contribution in [0.3, 0.4) is 0 Å². The molecule has 0 aliphatic rings. The lowest BCUT2D eigenvalue weighted by Crippen LogP contribution is -2.34. The van der Waals surface area contributed by atoms with E-state index in [2.05, 4.69) is 10.6 Å². The Morgan fingerprint density at radius 2 is 1.97 bits per heavy atom. The first kappa shape index (κ1) is 20.6. The third kappa shape index (κ3) is 5.24. The first-order valence-electron chi connectivity index (χ1n) is 9.01. The first-order valence-corrected chi connectivity index (χ1v) is 9.83. The van der Waals surface area contributed by atoms with E-state index in [4.69, 9.17) is 9.15 Å². The molecule has 0 bridgehead atoms. The minimum atomic E-state index is -0.352. The molecule has 0 fully saturated rings. The van der Waals surface area contributed by atoms with Crippen molar-refractivity contribution >= 4 is 28.2 Å². The van der Waals surface area contributed by atoms with Gasteiger partial charge in [-0.3, -0.25) is 9.59 Å². The van der Waals surface area contributed by atoms with Gasteiger partial charge in [0.15, 0.2) is 5.76 Å². The second kappa shape index (κ2) is 9.40. The Kier molecular flexibility index (Phi) is 6.69. The van der Waals surface area contributed by atoms with Crippen molar-refractivity contribution in [1.29, 1.82) is 0 Å². The number of rotatable bonds is 8. The number of anilines is 1. The fourth-order valence-corrected chi connectivity index (χ4v) is 3.65. The van der Waals surface area contributed by atoms with E-state index in [-0.39, 0.29) is 23.6 Å². The van der Waals surface area contributed by atoms with E-state index < -0.39 is 0 Å². The maximum absolute atomic E-state index is 12.6. The van der Waals surface area contributed by atoms with Gasteiger partial charge in [-0.25, -0.2) is 0 Å². The number of ether oxygens (including phenoxy) is 1. The molecule has 7 nitrogen and oxygen atoms in total. The van der Waals surface area contributed by atoms with Gasteiger partial charge in [0, 0.05) is 6.54 Å². The van der Waals surface area contributed by atoms with Crippen molar-refractivity contribution in [3.63, 3.8) is 0 Å². The number of hydrogen-bond donors (Lipinski definition) is 2. The minimum absolute atomic E-state index is 0.00728. The van der Waals surface area contributed by atoms with Crippen LogP contribution in [0.15, 0.2) is 59.2 Å². The molecule has 3 aromatic rings. The third-order valence-electron chi connectivity index (χ3n) is 4.37. The van der Waals surface area contributed by atoms with Gasteiger partial charge >= 0.3 is 0 Å². The molecule has 29 heavy (non-hydrogen) atoms. The van der Waals surface area contributed by atoms with Crippen molar-refractivity contribution in [1.82, 2.24) is 10.2 Å². The smallest absolute Gasteiger partial charge is 0.291 e. The van der Waals surface area contributed by atoms with Crippen LogP contribution in [0.25, 0.3) is 0 Å². The number of nitrogens with zero attached hydrogens (tertiary/aromatic N) is 1. The van der Waals surface area contributed by atoms with E-state index in [1.807, 2.05) is 43.3 Å². The van der Waals surface area contributed by atoms with Gasteiger partial charge in [0.2, 0.25) is 0 Å². The number of benzene rings is 1. The van der Waals surface area contributed by atoms with Crippen LogP contribution in [0.4, 0.5) is 5.00 Å². The summed E-state index contributed by atoms with van der Waals surface area (Å²) in [4.78, 5) is 27.2. The van der Waals surface area contributed by atoms with Crippen LogP contribution in [0.5, 0.6) is 5.75 Å². The lowest BCUT2D eigenvalue weighted by atomic mass is 10.1. The maximum Gasteiger partial charge on any atom is 0.291 e. The Morgan fingerprint density at radius 3 is 2.66 bits per heavy atom. The SMILES string of the molecule is COc1cccc(C(CNC(=O)c2ccc(NC(=O)c3ccco3)s2)N(C)C)c1. The second-order valence-electron chi connectivity index (χ2n) is 6.56. The molecule has 0 spiro atoms. The Balaban J connectivity index is 1.62. The summed E-state index contributed by atoms with van der Waals surface area (Å²) < 4.78 is 10.4. The molecule has 1 unspecified atom stereocenters. The molecule has 8 heteroatoms. The first-order chi connectivity index (χ1) is 14.0. The number of carbonyl (C=O) groups excluding carboxylic acids is 2. The van der Waals surface area contributed by atoms with Gasteiger partial charge in [-0.05, 0) is 56.1 Å². The van der Waals surface area contributed by atoms with Crippen molar-refractivity contribution in [2.45, 2.75) is 6.04 Å². The summed E-state index contributed by atoms with van der Waals surface area (Å²) in [5, 5.41) is 6.27. The lowest BCUT2D eigenvalue weighted by Gasteiger charge is -2.25. The van der Waals surface area contributed by atoms with Crippen molar-refractivity contribution in [2.75, 3.05) is 33.1 Å². The molecule has 0 aliphatic carbocycles. The standard InChI is InChI=1S/C21H23N3O4S/c1-24(2)16(14-6-4-7-15(12-14)27-3)13-22-21(26)18-9-10-19(29-18)23-20(25)17-8-5-11-28-17/h4-12,16H,13H2,1-3H3,(H,22,26)(H,23,25). The van der Waals surface area contributed by atoms with Crippen LogP contribution < -0.4 is 15.4 Å². The average Bonchev–Trinajstić information content (AvgIpc) is 3.40. The quantitative estimate of drug-likeness (QED) is 0.589. The lowest BCUT2D eigenvalue weighted by molar-refractivity contribution is 0.0944. The largest absolute Gasteiger partial charge is 0.497 e. The maximum atomic E-state index is 12.6. The number of methoxy groups -OCH3 is 1. The zero-order chi connectivity index (χ0) is 20.8. The highest BCUT2D eigenvalue weighted by Gasteiger charge is 2.18. The molecule has 3 rings (SSSR count). The van der Waals surface area contributed by atoms with Gasteiger partial charge in [0.1, 0.15) is 5.75 Å². The molecule has 1 atom stereocenters. The highest BCUT2D eigenvalue weighted by molar-refractivity contribution is 7.18. The summed E-state index contributed by atoms with van der Waals surface area (Å²) in [6.45, 7) is 0.436.